The van der Waals surface area contributed by atoms with Crippen LogP contribution >= 0.6 is 23.4 Å². The molecule has 0 saturated carbocycles. The number of nitrogens with one attached hydrogen (secondary N) is 1. The molecule has 3 aromatic carbocycles. The Hall–Kier alpha value is -4.40. The van der Waals surface area contributed by atoms with Crippen LogP contribution in [0.2, 0.25) is 5.02 Å². The zero-order valence-corrected chi connectivity index (χ0v) is 24.5. The fraction of sp³-hybridized carbons (Fsp3) is 0.152. The van der Waals surface area contributed by atoms with Gasteiger partial charge in [0.2, 0.25) is 11.8 Å². The number of halogens is 1. The van der Waals surface area contributed by atoms with Gasteiger partial charge < -0.3 is 5.32 Å². The molecular weight excluding hydrogens is 566 g/mol. The van der Waals surface area contributed by atoms with E-state index in [0.29, 0.717) is 23.1 Å². The smallest absolute Gasteiger partial charge is 0.240 e. The van der Waals surface area contributed by atoms with Gasteiger partial charge in [0.05, 0.1) is 27.4 Å². The molecule has 3 heterocycles. The van der Waals surface area contributed by atoms with Gasteiger partial charge in [0.15, 0.2) is 0 Å². The molecule has 42 heavy (non-hydrogen) atoms. The third kappa shape index (κ3) is 5.68. The Morgan fingerprint density at radius 1 is 1.02 bits per heavy atom. The summed E-state index contributed by atoms with van der Waals surface area (Å²) in [6.45, 7) is 2.19. The Balaban J connectivity index is 1.53. The molecule has 1 N–H and O–H groups in total. The van der Waals surface area contributed by atoms with Crippen LogP contribution in [-0.2, 0) is 16.1 Å². The fourth-order valence-electron chi connectivity index (χ4n) is 5.12. The van der Waals surface area contributed by atoms with Gasteiger partial charge in [-0.2, -0.15) is 5.10 Å². The summed E-state index contributed by atoms with van der Waals surface area (Å²) in [6, 6.07) is 29.3. The van der Waals surface area contributed by atoms with Crippen molar-refractivity contribution in [2.24, 2.45) is 0 Å². The Morgan fingerprint density at radius 3 is 2.60 bits per heavy atom. The second kappa shape index (κ2) is 12.2. The number of amides is 2. The van der Waals surface area contributed by atoms with Crippen molar-refractivity contribution >= 4 is 41.0 Å². The van der Waals surface area contributed by atoms with Gasteiger partial charge in [0.25, 0.3) is 0 Å². The van der Waals surface area contributed by atoms with E-state index >= 15 is 0 Å². The van der Waals surface area contributed by atoms with Crippen LogP contribution in [0.25, 0.3) is 16.9 Å². The first-order chi connectivity index (χ1) is 20.5. The third-order valence-corrected chi connectivity index (χ3v) is 8.65. The van der Waals surface area contributed by atoms with E-state index in [0.717, 1.165) is 33.5 Å². The molecule has 0 aliphatic carbocycles. The van der Waals surface area contributed by atoms with Gasteiger partial charge in [-0.25, -0.2) is 4.68 Å². The average molecular weight is 594 g/mol. The van der Waals surface area contributed by atoms with Crippen molar-refractivity contribution in [1.82, 2.24) is 20.1 Å². The molecule has 6 rings (SSSR count). The molecule has 2 amide bonds. The van der Waals surface area contributed by atoms with E-state index in [4.69, 9.17) is 16.7 Å². The van der Waals surface area contributed by atoms with Crippen molar-refractivity contribution in [3.63, 3.8) is 0 Å². The molecule has 1 atom stereocenters. The molecule has 0 saturated heterocycles. The Kier molecular flexibility index (Phi) is 8.08. The lowest BCUT2D eigenvalue weighted by Gasteiger charge is -2.23. The number of hydrogen-bond donors (Lipinski definition) is 1. The van der Waals surface area contributed by atoms with Crippen molar-refractivity contribution in [3.8, 4) is 16.9 Å². The first-order valence-corrected chi connectivity index (χ1v) is 15.0. The van der Waals surface area contributed by atoms with Crippen molar-refractivity contribution in [2.75, 3.05) is 17.2 Å². The molecule has 1 aliphatic rings. The number of aromatic nitrogens is 3. The van der Waals surface area contributed by atoms with Crippen molar-refractivity contribution < 1.29 is 9.59 Å². The maximum atomic E-state index is 13.9. The SMILES string of the molecule is Cc1cccc(C2SCC(=O)N(CC(=O)NCc3cccnc3)c3c2c(-c2ccccc2)nn3-c2ccccc2Cl)c1. The molecule has 0 fully saturated rings. The van der Waals surface area contributed by atoms with E-state index in [2.05, 4.69) is 35.4 Å². The van der Waals surface area contributed by atoms with Crippen LogP contribution in [0.15, 0.2) is 103 Å². The number of anilines is 1. The molecule has 210 valence electrons. The molecule has 0 radical (unpaired) electrons. The number of rotatable bonds is 7. The lowest BCUT2D eigenvalue weighted by molar-refractivity contribution is -0.123. The molecule has 5 aromatic rings. The van der Waals surface area contributed by atoms with Gasteiger partial charge in [-0.05, 0) is 36.2 Å². The lowest BCUT2D eigenvalue weighted by Crippen LogP contribution is -2.42. The van der Waals surface area contributed by atoms with Crippen LogP contribution in [0.3, 0.4) is 0 Å². The molecule has 7 nitrogen and oxygen atoms in total. The van der Waals surface area contributed by atoms with Crippen LogP contribution in [0.1, 0.15) is 27.5 Å². The van der Waals surface area contributed by atoms with Crippen molar-refractivity contribution in [2.45, 2.75) is 18.7 Å². The standard InChI is InChI=1S/C33H28ClN5O2S/c1-22-9-7-13-25(17-22)32-30-31(24-11-3-2-4-12-24)37-39(27-15-6-5-14-26(27)34)33(30)38(29(41)21-42-32)20-28(40)36-19-23-10-8-16-35-18-23/h2-18,32H,19-21H2,1H3,(H,36,40). The predicted molar refractivity (Wildman–Crippen MR) is 168 cm³/mol. The van der Waals surface area contributed by atoms with Gasteiger partial charge in [0.1, 0.15) is 12.4 Å². The first kappa shape index (κ1) is 27.8. The number of thioether (sulfide) groups is 1. The molecule has 0 bridgehead atoms. The highest BCUT2D eigenvalue weighted by Gasteiger charge is 2.38. The van der Waals surface area contributed by atoms with Crippen LogP contribution in [0.4, 0.5) is 5.82 Å². The number of carbonyl (C=O) groups is 2. The molecule has 1 unspecified atom stereocenters. The van der Waals surface area contributed by atoms with Gasteiger partial charge in [-0.15, -0.1) is 11.8 Å². The van der Waals surface area contributed by atoms with Gasteiger partial charge in [-0.3, -0.25) is 19.5 Å². The zero-order valence-electron chi connectivity index (χ0n) is 22.9. The van der Waals surface area contributed by atoms with Crippen molar-refractivity contribution in [1.29, 1.82) is 0 Å². The summed E-state index contributed by atoms with van der Waals surface area (Å²) >= 11 is 8.27. The van der Waals surface area contributed by atoms with E-state index in [-0.39, 0.29) is 29.4 Å². The summed E-state index contributed by atoms with van der Waals surface area (Å²) in [5.41, 5.74) is 6.19. The monoisotopic (exact) mass is 593 g/mol. The van der Waals surface area contributed by atoms with Gasteiger partial charge in [0, 0.05) is 30.1 Å². The van der Waals surface area contributed by atoms with Crippen molar-refractivity contribution in [3.05, 3.63) is 131 Å². The largest absolute Gasteiger partial charge is 0.350 e. The summed E-state index contributed by atoms with van der Waals surface area (Å²) in [7, 11) is 0. The number of hydrogen-bond acceptors (Lipinski definition) is 5. The number of carbonyl (C=O) groups excluding carboxylic acids is 2. The van der Waals surface area contributed by atoms with Crippen LogP contribution in [0, 0.1) is 6.92 Å². The van der Waals surface area contributed by atoms with E-state index in [1.165, 1.54) is 0 Å². The van der Waals surface area contributed by atoms with E-state index < -0.39 is 0 Å². The Bertz CT molecular complexity index is 1740. The maximum absolute atomic E-state index is 13.9. The van der Waals surface area contributed by atoms with Crippen LogP contribution in [-0.4, -0.2) is 38.9 Å². The van der Waals surface area contributed by atoms with Gasteiger partial charge >= 0.3 is 0 Å². The van der Waals surface area contributed by atoms with Crippen LogP contribution in [0.5, 0.6) is 0 Å². The number of aryl methyl sites for hydroxylation is 1. The van der Waals surface area contributed by atoms with E-state index in [9.17, 15) is 9.59 Å². The fourth-order valence-corrected chi connectivity index (χ4v) is 6.52. The number of para-hydroxylation sites is 1. The number of nitrogens with zero attached hydrogens (tertiary/aromatic N) is 4. The quantitative estimate of drug-likeness (QED) is 0.237. The number of benzene rings is 3. The van der Waals surface area contributed by atoms with Gasteiger partial charge in [-0.1, -0.05) is 90.0 Å². The summed E-state index contributed by atoms with van der Waals surface area (Å²) in [4.78, 5) is 32.9. The highest BCUT2D eigenvalue weighted by molar-refractivity contribution is 8.00. The average Bonchev–Trinajstić information content (AvgIpc) is 3.33. The Morgan fingerprint density at radius 2 is 1.83 bits per heavy atom. The zero-order chi connectivity index (χ0) is 29.1. The summed E-state index contributed by atoms with van der Waals surface area (Å²) in [5.74, 6) is 0.269. The molecule has 1 aliphatic heterocycles. The predicted octanol–water partition coefficient (Wildman–Crippen LogP) is 6.38. The summed E-state index contributed by atoms with van der Waals surface area (Å²) < 4.78 is 1.72. The second-order valence-electron chi connectivity index (χ2n) is 10.0. The molecule has 2 aromatic heterocycles. The minimum absolute atomic E-state index is 0.169. The number of pyridine rings is 1. The van der Waals surface area contributed by atoms with E-state index in [1.54, 1.807) is 39.8 Å². The highest BCUT2D eigenvalue weighted by atomic mass is 35.5. The molecular formula is C33H28ClN5O2S. The first-order valence-electron chi connectivity index (χ1n) is 13.6. The highest BCUT2D eigenvalue weighted by Crippen LogP contribution is 2.49. The van der Waals surface area contributed by atoms with Crippen LogP contribution < -0.4 is 10.2 Å². The Labute approximate surface area is 253 Å². The minimum atomic E-state index is -0.287. The van der Waals surface area contributed by atoms with E-state index in [1.807, 2.05) is 66.7 Å². The maximum Gasteiger partial charge on any atom is 0.240 e. The third-order valence-electron chi connectivity index (χ3n) is 7.08. The summed E-state index contributed by atoms with van der Waals surface area (Å²) in [5, 5.41) is 8.32. The topological polar surface area (TPSA) is 80.1 Å². The lowest BCUT2D eigenvalue weighted by atomic mass is 9.98. The normalized spacial score (nSPS) is 14.8. The molecule has 0 spiro atoms. The number of fused-ring (bicyclic) bond motifs is 1. The second-order valence-corrected chi connectivity index (χ2v) is 11.5. The molecule has 9 heteroatoms. The summed E-state index contributed by atoms with van der Waals surface area (Å²) in [6.07, 6.45) is 3.39. The minimum Gasteiger partial charge on any atom is -0.350 e.